The van der Waals surface area contributed by atoms with E-state index < -0.39 is 18.2 Å². The van der Waals surface area contributed by atoms with Crippen LogP contribution >= 0.6 is 0 Å². The first-order valence-electron chi connectivity index (χ1n) is 12.2. The zero-order chi connectivity index (χ0) is 25.6. The predicted octanol–water partition coefficient (Wildman–Crippen LogP) is 2.25. The lowest BCUT2D eigenvalue weighted by Crippen LogP contribution is -2.42. The third kappa shape index (κ3) is 9.67. The van der Waals surface area contributed by atoms with E-state index in [1.807, 2.05) is 60.7 Å². The van der Waals surface area contributed by atoms with Crippen molar-refractivity contribution in [3.05, 3.63) is 71.8 Å². The molecule has 3 rings (SSSR count). The fourth-order valence-corrected chi connectivity index (χ4v) is 3.66. The van der Waals surface area contributed by atoms with Crippen molar-refractivity contribution < 1.29 is 28.6 Å². The van der Waals surface area contributed by atoms with Crippen molar-refractivity contribution >= 4 is 18.0 Å². The molecule has 1 fully saturated rings. The fourth-order valence-electron chi connectivity index (χ4n) is 3.66. The maximum absolute atomic E-state index is 12.8. The number of hydrogen-bond donors (Lipinski definition) is 1. The van der Waals surface area contributed by atoms with Gasteiger partial charge in [-0.3, -0.25) is 9.69 Å². The molecule has 9 heteroatoms. The largest absolute Gasteiger partial charge is 0.458 e. The molecular formula is C27H35N3O6. The number of esters is 1. The molecule has 0 bridgehead atoms. The molecule has 36 heavy (non-hydrogen) atoms. The number of nitrogens with one attached hydrogen (secondary N) is 1. The Morgan fingerprint density at radius 3 is 2.31 bits per heavy atom. The van der Waals surface area contributed by atoms with Gasteiger partial charge in [-0.05, 0) is 11.1 Å². The van der Waals surface area contributed by atoms with Crippen molar-refractivity contribution in [3.8, 4) is 0 Å². The highest BCUT2D eigenvalue weighted by Gasteiger charge is 2.27. The van der Waals surface area contributed by atoms with Crippen LogP contribution in [0.4, 0.5) is 4.79 Å². The van der Waals surface area contributed by atoms with E-state index in [-0.39, 0.29) is 31.9 Å². The van der Waals surface area contributed by atoms with E-state index >= 15 is 0 Å². The van der Waals surface area contributed by atoms with Gasteiger partial charge in [-0.1, -0.05) is 60.7 Å². The van der Waals surface area contributed by atoms with Crippen LogP contribution in [-0.2, 0) is 36.8 Å². The van der Waals surface area contributed by atoms with Crippen molar-refractivity contribution in [1.82, 2.24) is 15.1 Å². The average Bonchev–Trinajstić information content (AvgIpc) is 2.91. The van der Waals surface area contributed by atoms with Crippen LogP contribution in [0.1, 0.15) is 17.5 Å². The number of hydrogen-bond acceptors (Lipinski definition) is 7. The van der Waals surface area contributed by atoms with E-state index in [9.17, 15) is 14.4 Å². The number of benzene rings is 2. The van der Waals surface area contributed by atoms with Crippen LogP contribution in [0.15, 0.2) is 60.7 Å². The van der Waals surface area contributed by atoms with Gasteiger partial charge in [0.1, 0.15) is 6.61 Å². The van der Waals surface area contributed by atoms with Gasteiger partial charge in [0.05, 0.1) is 13.2 Å². The molecule has 2 aromatic rings. The molecule has 0 aliphatic carbocycles. The predicted molar refractivity (Wildman–Crippen MR) is 134 cm³/mol. The number of carbonyl (C=O) groups is 3. The third-order valence-electron chi connectivity index (χ3n) is 5.83. The van der Waals surface area contributed by atoms with E-state index in [0.717, 1.165) is 30.8 Å². The number of amides is 2. The van der Waals surface area contributed by atoms with Crippen LogP contribution in [0.5, 0.6) is 0 Å². The smallest absolute Gasteiger partial charge is 0.410 e. The molecule has 2 amide bonds. The Balaban J connectivity index is 1.46. The molecule has 0 radical (unpaired) electrons. The Kier molecular flexibility index (Phi) is 11.2. The number of rotatable bonds is 12. The highest BCUT2D eigenvalue weighted by Crippen LogP contribution is 2.11. The van der Waals surface area contributed by atoms with E-state index in [2.05, 4.69) is 10.2 Å². The van der Waals surface area contributed by atoms with Crippen molar-refractivity contribution in [1.29, 1.82) is 0 Å². The van der Waals surface area contributed by atoms with Crippen molar-refractivity contribution in [2.45, 2.75) is 25.6 Å². The molecule has 1 N–H and O–H groups in total. The molecule has 1 heterocycles. The Bertz CT molecular complexity index is 950. The maximum Gasteiger partial charge on any atom is 0.410 e. The van der Waals surface area contributed by atoms with Crippen LogP contribution in [-0.4, -0.2) is 86.9 Å². The first-order valence-corrected chi connectivity index (χ1v) is 12.2. The topological polar surface area (TPSA) is 97.4 Å². The van der Waals surface area contributed by atoms with Gasteiger partial charge in [-0.15, -0.1) is 0 Å². The summed E-state index contributed by atoms with van der Waals surface area (Å²) in [6.45, 7) is 4.71. The molecule has 1 saturated heterocycles. The average molecular weight is 498 g/mol. The van der Waals surface area contributed by atoms with E-state index in [1.165, 1.54) is 11.9 Å². The summed E-state index contributed by atoms with van der Waals surface area (Å²) >= 11 is 0. The molecule has 1 atom stereocenters. The third-order valence-corrected chi connectivity index (χ3v) is 5.83. The summed E-state index contributed by atoms with van der Waals surface area (Å²) in [6, 6.07) is 18.6. The molecule has 0 unspecified atom stereocenters. The SMILES string of the molecule is CN(CCC(=O)NCCN1CCOCC1)C(=O)O[C@@H](Cc1ccccc1)C(=O)OCc1ccccc1. The van der Waals surface area contributed by atoms with Crippen molar-refractivity contribution in [3.63, 3.8) is 0 Å². The van der Waals surface area contributed by atoms with Crippen molar-refractivity contribution in [2.24, 2.45) is 0 Å². The fraction of sp³-hybridized carbons (Fsp3) is 0.444. The molecule has 2 aromatic carbocycles. The molecule has 1 aliphatic rings. The van der Waals surface area contributed by atoms with Gasteiger partial charge in [0.15, 0.2) is 0 Å². The number of carbonyl (C=O) groups excluding carboxylic acids is 3. The lowest BCUT2D eigenvalue weighted by molar-refractivity contribution is -0.155. The molecule has 194 valence electrons. The summed E-state index contributed by atoms with van der Waals surface area (Å²) in [4.78, 5) is 41.2. The van der Waals surface area contributed by atoms with Crippen LogP contribution in [0.3, 0.4) is 0 Å². The zero-order valence-corrected chi connectivity index (χ0v) is 20.8. The van der Waals surface area contributed by atoms with Crippen LogP contribution in [0, 0.1) is 0 Å². The minimum Gasteiger partial charge on any atom is -0.458 e. The van der Waals surface area contributed by atoms with E-state index in [1.54, 1.807) is 0 Å². The number of morpholine rings is 1. The normalized spacial score (nSPS) is 14.5. The summed E-state index contributed by atoms with van der Waals surface area (Å²) in [6.07, 6.45) is -1.46. The second-order valence-electron chi connectivity index (χ2n) is 8.63. The van der Waals surface area contributed by atoms with Gasteiger partial charge in [0.25, 0.3) is 0 Å². The Labute approximate surface area is 212 Å². The van der Waals surface area contributed by atoms with Gasteiger partial charge in [0.2, 0.25) is 12.0 Å². The standard InChI is InChI=1S/C27H35N3O6/c1-29(14-12-25(31)28-13-15-30-16-18-34-19-17-30)27(33)36-24(20-22-8-4-2-5-9-22)26(32)35-21-23-10-6-3-7-11-23/h2-11,24H,12-21H2,1H3,(H,28,31)/t24-/m0/s1. The molecule has 0 saturated carbocycles. The quantitative estimate of drug-likeness (QED) is 0.449. The summed E-state index contributed by atoms with van der Waals surface area (Å²) in [5.74, 6) is -0.767. The Hall–Kier alpha value is -3.43. The minimum atomic E-state index is -1.10. The van der Waals surface area contributed by atoms with Crippen LogP contribution in [0.25, 0.3) is 0 Å². The molecule has 9 nitrogen and oxygen atoms in total. The monoisotopic (exact) mass is 497 g/mol. The summed E-state index contributed by atoms with van der Waals surface area (Å²) in [5.41, 5.74) is 1.68. The molecule has 1 aliphatic heterocycles. The Morgan fingerprint density at radius 2 is 1.64 bits per heavy atom. The highest BCUT2D eigenvalue weighted by molar-refractivity contribution is 5.80. The lowest BCUT2D eigenvalue weighted by atomic mass is 10.1. The molecule has 0 aromatic heterocycles. The van der Waals surface area contributed by atoms with Crippen LogP contribution in [0.2, 0.25) is 0 Å². The lowest BCUT2D eigenvalue weighted by Gasteiger charge is -2.26. The first-order chi connectivity index (χ1) is 17.5. The van der Waals surface area contributed by atoms with Gasteiger partial charge < -0.3 is 24.4 Å². The second kappa shape index (κ2) is 14.9. The first kappa shape index (κ1) is 27.2. The van der Waals surface area contributed by atoms with Gasteiger partial charge in [-0.25, -0.2) is 9.59 Å². The molecular weight excluding hydrogens is 462 g/mol. The summed E-state index contributed by atoms with van der Waals surface area (Å²) in [7, 11) is 1.54. The summed E-state index contributed by atoms with van der Waals surface area (Å²) < 4.78 is 16.3. The van der Waals surface area contributed by atoms with Gasteiger partial charge >= 0.3 is 12.1 Å². The summed E-state index contributed by atoms with van der Waals surface area (Å²) in [5, 5.41) is 2.87. The van der Waals surface area contributed by atoms with Crippen LogP contribution < -0.4 is 5.32 Å². The Morgan fingerprint density at radius 1 is 1.00 bits per heavy atom. The molecule has 0 spiro atoms. The zero-order valence-electron chi connectivity index (χ0n) is 20.8. The highest BCUT2D eigenvalue weighted by atomic mass is 16.6. The minimum absolute atomic E-state index is 0.0863. The van der Waals surface area contributed by atoms with Crippen molar-refractivity contribution in [2.75, 3.05) is 53.0 Å². The maximum atomic E-state index is 12.8. The van der Waals surface area contributed by atoms with E-state index in [4.69, 9.17) is 14.2 Å². The van der Waals surface area contributed by atoms with Gasteiger partial charge in [0, 0.05) is 52.6 Å². The van der Waals surface area contributed by atoms with E-state index in [0.29, 0.717) is 19.8 Å². The van der Waals surface area contributed by atoms with Gasteiger partial charge in [-0.2, -0.15) is 0 Å². The number of nitrogens with zero attached hydrogens (tertiary/aromatic N) is 2. The second-order valence-corrected chi connectivity index (χ2v) is 8.63. The number of ether oxygens (including phenoxy) is 3.